The minimum atomic E-state index is -4.75. The van der Waals surface area contributed by atoms with Crippen LogP contribution in [-0.2, 0) is 20.0 Å². The van der Waals surface area contributed by atoms with Crippen LogP contribution in [-0.4, -0.2) is 54.8 Å². The van der Waals surface area contributed by atoms with E-state index in [2.05, 4.69) is 15.0 Å². The number of hydrogen-bond acceptors (Lipinski definition) is 6. The van der Waals surface area contributed by atoms with Gasteiger partial charge < -0.3 is 10.1 Å². The van der Waals surface area contributed by atoms with Gasteiger partial charge in [-0.3, -0.25) is 19.5 Å². The lowest BCUT2D eigenvalue weighted by molar-refractivity contribution is -0.253. The van der Waals surface area contributed by atoms with Crippen LogP contribution in [0.3, 0.4) is 0 Å². The lowest BCUT2D eigenvalue weighted by Gasteiger charge is -2.24. The van der Waals surface area contributed by atoms with Gasteiger partial charge in [-0.05, 0) is 51.0 Å². The maximum Gasteiger partial charge on any atom is 0.461 e. The highest BCUT2D eigenvalue weighted by Crippen LogP contribution is 2.46. The first kappa shape index (κ1) is 25.9. The average Bonchev–Trinajstić information content (AvgIpc) is 3.16. The van der Waals surface area contributed by atoms with Crippen molar-refractivity contribution in [3.63, 3.8) is 0 Å². The van der Waals surface area contributed by atoms with E-state index in [9.17, 15) is 35.6 Å². The number of fused-ring (bicyclic) bond motifs is 1. The fourth-order valence-electron chi connectivity index (χ4n) is 4.38. The molecule has 0 radical (unpaired) electrons. The Morgan fingerprint density at radius 3 is 2.50 bits per heavy atom. The van der Waals surface area contributed by atoms with Crippen LogP contribution in [0, 0.1) is 0 Å². The fourth-order valence-corrected chi connectivity index (χ4v) is 6.47. The molecule has 1 atom stereocenters. The number of carbonyl (C=O) groups excluding carboxylic acids is 2. The van der Waals surface area contributed by atoms with Crippen LogP contribution in [0.25, 0.3) is 0 Å². The Morgan fingerprint density at radius 1 is 1.19 bits per heavy atom. The quantitative estimate of drug-likeness (QED) is 0.574. The number of amides is 2. The zero-order valence-electron chi connectivity index (χ0n) is 19.5. The third-order valence-corrected chi connectivity index (χ3v) is 8.20. The van der Waals surface area contributed by atoms with E-state index in [0.717, 1.165) is 12.3 Å². The van der Waals surface area contributed by atoms with Gasteiger partial charge in [0.15, 0.2) is 9.84 Å². The molecule has 0 bridgehead atoms. The van der Waals surface area contributed by atoms with Gasteiger partial charge in [0, 0.05) is 11.6 Å². The number of sulfone groups is 1. The van der Waals surface area contributed by atoms with Crippen molar-refractivity contribution in [3.8, 4) is 5.75 Å². The molecular weight excluding hydrogens is 506 g/mol. The van der Waals surface area contributed by atoms with Crippen LogP contribution in [0.2, 0.25) is 0 Å². The standard InChI is InChI=1S/C23H23F4N3O5S/c1-21(2)16-8-13(18(31)29-22(3)6-7-36(33,34)12-22)4-5-17(16)30(20(21)32)14-9-15(11-28-10-14)35-23(26,27)19(24)25/h4-5,8-11,19H,6-7,12H2,1-3H3,(H,29,31)/t22-/m1/s1. The van der Waals surface area contributed by atoms with Crippen LogP contribution in [0.1, 0.15) is 43.1 Å². The van der Waals surface area contributed by atoms with Crippen molar-refractivity contribution < 1.29 is 40.3 Å². The fraction of sp³-hybridized carbons (Fsp3) is 0.435. The summed E-state index contributed by atoms with van der Waals surface area (Å²) in [6.07, 6.45) is -6.52. The van der Waals surface area contributed by atoms with Gasteiger partial charge in [0.2, 0.25) is 5.91 Å². The van der Waals surface area contributed by atoms with E-state index in [0.29, 0.717) is 11.3 Å². The Labute approximate surface area is 204 Å². The lowest BCUT2D eigenvalue weighted by Crippen LogP contribution is -2.46. The number of aromatic nitrogens is 1. The molecule has 2 aliphatic rings. The molecule has 1 aromatic carbocycles. The Morgan fingerprint density at radius 2 is 1.89 bits per heavy atom. The highest BCUT2D eigenvalue weighted by atomic mass is 32.2. The second-order valence-electron chi connectivity index (χ2n) is 9.70. The first-order valence-corrected chi connectivity index (χ1v) is 12.7. The summed E-state index contributed by atoms with van der Waals surface area (Å²) in [4.78, 5) is 31.1. The third kappa shape index (κ3) is 4.63. The smallest absolute Gasteiger partial charge is 0.427 e. The number of halogens is 4. The van der Waals surface area contributed by atoms with Gasteiger partial charge in [0.1, 0.15) is 5.75 Å². The molecule has 0 aliphatic carbocycles. The van der Waals surface area contributed by atoms with Crippen molar-refractivity contribution in [2.75, 3.05) is 16.4 Å². The number of pyridine rings is 1. The molecule has 1 aromatic heterocycles. The van der Waals surface area contributed by atoms with Gasteiger partial charge >= 0.3 is 12.5 Å². The normalized spacial score (nSPS) is 22.6. The molecule has 1 saturated heterocycles. The van der Waals surface area contributed by atoms with Gasteiger partial charge in [0.05, 0.1) is 46.2 Å². The van der Waals surface area contributed by atoms with E-state index in [1.807, 2.05) is 0 Å². The average molecular weight is 530 g/mol. The second-order valence-corrected chi connectivity index (χ2v) is 11.9. The summed E-state index contributed by atoms with van der Waals surface area (Å²) in [7, 11) is -3.25. The van der Waals surface area contributed by atoms with Crippen LogP contribution in [0.4, 0.5) is 28.9 Å². The molecule has 194 valence electrons. The summed E-state index contributed by atoms with van der Waals surface area (Å²) >= 11 is 0. The summed E-state index contributed by atoms with van der Waals surface area (Å²) in [6.45, 7) is 4.87. The molecular formula is C23H23F4N3O5S. The lowest BCUT2D eigenvalue weighted by atomic mass is 9.85. The van der Waals surface area contributed by atoms with Gasteiger partial charge in [-0.1, -0.05) is 0 Å². The summed E-state index contributed by atoms with van der Waals surface area (Å²) in [6, 6.07) is 5.44. The Kier molecular flexibility index (Phi) is 6.05. The van der Waals surface area contributed by atoms with Crippen LogP contribution in [0.15, 0.2) is 36.7 Å². The van der Waals surface area contributed by atoms with Crippen molar-refractivity contribution in [3.05, 3.63) is 47.8 Å². The molecule has 4 rings (SSSR count). The van der Waals surface area contributed by atoms with Gasteiger partial charge in [-0.15, -0.1) is 0 Å². The number of nitrogens with one attached hydrogen (secondary N) is 1. The zero-order valence-corrected chi connectivity index (χ0v) is 20.3. The Hall–Kier alpha value is -3.22. The number of hydrogen-bond donors (Lipinski definition) is 1. The summed E-state index contributed by atoms with van der Waals surface area (Å²) in [5.41, 5.74) is -1.05. The van der Waals surface area contributed by atoms with Crippen molar-refractivity contribution in [2.45, 2.75) is 50.7 Å². The minimum absolute atomic E-state index is 0.00951. The predicted molar refractivity (Wildman–Crippen MR) is 122 cm³/mol. The highest BCUT2D eigenvalue weighted by molar-refractivity contribution is 7.91. The summed E-state index contributed by atoms with van der Waals surface area (Å²) in [5, 5.41) is 2.76. The molecule has 1 fully saturated rings. The van der Waals surface area contributed by atoms with E-state index in [1.165, 1.54) is 29.3 Å². The first-order chi connectivity index (χ1) is 16.5. The van der Waals surface area contributed by atoms with Gasteiger partial charge in [0.25, 0.3) is 5.91 Å². The molecule has 0 unspecified atom stereocenters. The molecule has 36 heavy (non-hydrogen) atoms. The van der Waals surface area contributed by atoms with Crippen LogP contribution < -0.4 is 15.0 Å². The first-order valence-electron chi connectivity index (χ1n) is 10.9. The number of ether oxygens (including phenoxy) is 1. The molecule has 1 N–H and O–H groups in total. The Bertz CT molecular complexity index is 1350. The van der Waals surface area contributed by atoms with E-state index in [1.54, 1.807) is 20.8 Å². The highest BCUT2D eigenvalue weighted by Gasteiger charge is 2.47. The van der Waals surface area contributed by atoms with Crippen LogP contribution >= 0.6 is 0 Å². The molecule has 3 heterocycles. The zero-order chi connectivity index (χ0) is 26.7. The van der Waals surface area contributed by atoms with Crippen molar-refractivity contribution in [1.29, 1.82) is 0 Å². The number of rotatable bonds is 6. The van der Waals surface area contributed by atoms with Gasteiger partial charge in [-0.25, -0.2) is 8.42 Å². The van der Waals surface area contributed by atoms with E-state index in [-0.39, 0.29) is 29.2 Å². The molecule has 2 amide bonds. The largest absolute Gasteiger partial charge is 0.461 e. The SMILES string of the molecule is CC1(C)C(=O)N(c2cncc(OC(F)(F)C(F)F)c2)c2ccc(C(=O)N[C@]3(C)CCS(=O)(=O)C3)cc21. The number of anilines is 2. The van der Waals surface area contributed by atoms with E-state index < -0.39 is 50.9 Å². The number of carbonyl (C=O) groups is 2. The molecule has 2 aliphatic heterocycles. The summed E-state index contributed by atoms with van der Waals surface area (Å²) < 4.78 is 79.6. The monoisotopic (exact) mass is 529 g/mol. The number of nitrogens with zero attached hydrogens (tertiary/aromatic N) is 2. The molecule has 0 saturated carbocycles. The van der Waals surface area contributed by atoms with Crippen molar-refractivity contribution in [1.82, 2.24) is 10.3 Å². The third-order valence-electron chi connectivity index (χ3n) is 6.29. The number of benzene rings is 1. The second kappa shape index (κ2) is 8.43. The number of alkyl halides is 4. The summed E-state index contributed by atoms with van der Waals surface area (Å²) in [5.74, 6) is -1.84. The minimum Gasteiger partial charge on any atom is -0.427 e. The maximum absolute atomic E-state index is 13.4. The van der Waals surface area contributed by atoms with Gasteiger partial charge in [-0.2, -0.15) is 17.6 Å². The van der Waals surface area contributed by atoms with Crippen molar-refractivity contribution in [2.24, 2.45) is 0 Å². The Balaban J connectivity index is 1.65. The molecule has 2 aromatic rings. The molecule has 13 heteroatoms. The predicted octanol–water partition coefficient (Wildman–Crippen LogP) is 3.58. The molecule has 8 nitrogen and oxygen atoms in total. The van der Waals surface area contributed by atoms with Crippen molar-refractivity contribution >= 4 is 33.0 Å². The molecule has 0 spiro atoms. The van der Waals surface area contributed by atoms with Crippen LogP contribution in [0.5, 0.6) is 5.75 Å². The maximum atomic E-state index is 13.4. The van der Waals surface area contributed by atoms with E-state index >= 15 is 0 Å². The topological polar surface area (TPSA) is 106 Å². The van der Waals surface area contributed by atoms with E-state index in [4.69, 9.17) is 0 Å².